The van der Waals surface area contributed by atoms with E-state index in [0.717, 1.165) is 56.5 Å². The SMILES string of the molecule is Cc1cc(COC(=O)N2CCC(NCCCCc3cn[nH]n3)CC2)cc(C(F)(F)F)c1. The molecule has 1 amide bonds. The molecule has 1 aliphatic heterocycles. The largest absolute Gasteiger partial charge is 0.445 e. The molecule has 2 N–H and O–H groups in total. The van der Waals surface area contributed by atoms with Gasteiger partial charge in [0.2, 0.25) is 0 Å². The number of halogens is 3. The molecule has 3 rings (SSSR count). The third kappa shape index (κ3) is 7.23. The van der Waals surface area contributed by atoms with Gasteiger partial charge >= 0.3 is 12.3 Å². The van der Waals surface area contributed by atoms with Gasteiger partial charge in [-0.1, -0.05) is 11.6 Å². The molecule has 1 saturated heterocycles. The number of hydrogen-bond acceptors (Lipinski definition) is 5. The van der Waals surface area contributed by atoms with Crippen molar-refractivity contribution < 1.29 is 22.7 Å². The number of rotatable bonds is 8. The summed E-state index contributed by atoms with van der Waals surface area (Å²) in [7, 11) is 0. The van der Waals surface area contributed by atoms with Crippen LogP contribution in [0.3, 0.4) is 0 Å². The molecule has 0 saturated carbocycles. The first-order chi connectivity index (χ1) is 14.8. The number of hydrogen-bond donors (Lipinski definition) is 2. The van der Waals surface area contributed by atoms with Crippen molar-refractivity contribution in [3.63, 3.8) is 0 Å². The molecule has 0 radical (unpaired) electrons. The second-order valence-electron chi connectivity index (χ2n) is 7.89. The summed E-state index contributed by atoms with van der Waals surface area (Å²) in [6.07, 6.45) is 1.43. The lowest BCUT2D eigenvalue weighted by Gasteiger charge is -2.31. The van der Waals surface area contributed by atoms with Gasteiger partial charge in [-0.05, 0) is 63.3 Å². The number of carbonyl (C=O) groups excluding carboxylic acids is 1. The van der Waals surface area contributed by atoms with Gasteiger partial charge in [-0.2, -0.15) is 28.6 Å². The summed E-state index contributed by atoms with van der Waals surface area (Å²) in [6.45, 7) is 3.45. The average molecular weight is 439 g/mol. The summed E-state index contributed by atoms with van der Waals surface area (Å²) in [5.41, 5.74) is 1.05. The van der Waals surface area contributed by atoms with Crippen LogP contribution >= 0.6 is 0 Å². The van der Waals surface area contributed by atoms with Crippen LogP contribution in [0, 0.1) is 6.92 Å². The summed E-state index contributed by atoms with van der Waals surface area (Å²) in [5.74, 6) is 0. The topological polar surface area (TPSA) is 83.1 Å². The van der Waals surface area contributed by atoms with Crippen LogP contribution in [0.2, 0.25) is 0 Å². The number of ether oxygens (including phenoxy) is 1. The van der Waals surface area contributed by atoms with Gasteiger partial charge in [0.05, 0.1) is 17.5 Å². The maximum absolute atomic E-state index is 12.9. The molecule has 0 spiro atoms. The minimum Gasteiger partial charge on any atom is -0.445 e. The number of aromatic amines is 1. The molecule has 0 bridgehead atoms. The standard InChI is InChI=1S/C21H28F3N5O2/c1-15-10-16(12-17(11-15)21(22,23)24)14-31-20(30)29-8-5-18(6-9-29)25-7-3-2-4-19-13-26-28-27-19/h10-13,18,25H,2-9,14H2,1H3,(H,26,27,28). The number of alkyl halides is 3. The van der Waals surface area contributed by atoms with Gasteiger partial charge in [0.25, 0.3) is 0 Å². The lowest BCUT2D eigenvalue weighted by Crippen LogP contribution is -2.45. The molecule has 1 fully saturated rings. The fraction of sp³-hybridized carbons (Fsp3) is 0.571. The Morgan fingerprint density at radius 3 is 2.71 bits per heavy atom. The number of aryl methyl sites for hydroxylation is 2. The van der Waals surface area contributed by atoms with Crippen molar-refractivity contribution >= 4 is 6.09 Å². The number of amides is 1. The zero-order valence-corrected chi connectivity index (χ0v) is 17.5. The predicted molar refractivity (Wildman–Crippen MR) is 108 cm³/mol. The summed E-state index contributed by atoms with van der Waals surface area (Å²) >= 11 is 0. The van der Waals surface area contributed by atoms with Crippen molar-refractivity contribution in [1.82, 2.24) is 25.6 Å². The molecule has 7 nitrogen and oxygen atoms in total. The molecule has 0 aliphatic carbocycles. The van der Waals surface area contributed by atoms with Gasteiger partial charge in [0.1, 0.15) is 6.61 Å². The third-order valence-corrected chi connectivity index (χ3v) is 5.34. The van der Waals surface area contributed by atoms with E-state index in [4.69, 9.17) is 4.74 Å². The highest BCUT2D eigenvalue weighted by atomic mass is 19.4. The minimum atomic E-state index is -4.42. The Kier molecular flexibility index (Phi) is 7.89. The predicted octanol–water partition coefficient (Wildman–Crippen LogP) is 3.85. The number of nitrogens with zero attached hydrogens (tertiary/aromatic N) is 3. The van der Waals surface area contributed by atoms with Crippen molar-refractivity contribution in [1.29, 1.82) is 0 Å². The second-order valence-corrected chi connectivity index (χ2v) is 7.89. The number of carbonyl (C=O) groups is 1. The first kappa shape index (κ1) is 23.1. The van der Waals surface area contributed by atoms with Gasteiger partial charge < -0.3 is 15.0 Å². The van der Waals surface area contributed by atoms with Crippen molar-refractivity contribution in [3.05, 3.63) is 46.8 Å². The lowest BCUT2D eigenvalue weighted by atomic mass is 10.1. The fourth-order valence-electron chi connectivity index (χ4n) is 3.70. The number of H-pyrrole nitrogens is 1. The summed E-state index contributed by atoms with van der Waals surface area (Å²) < 4.78 is 44.1. The maximum atomic E-state index is 12.9. The highest BCUT2D eigenvalue weighted by Crippen LogP contribution is 2.30. The molecular weight excluding hydrogens is 411 g/mol. The molecule has 0 unspecified atom stereocenters. The van der Waals surface area contributed by atoms with Crippen LogP contribution in [0.4, 0.5) is 18.0 Å². The van der Waals surface area contributed by atoms with Crippen LogP contribution in [-0.2, 0) is 23.9 Å². The van der Waals surface area contributed by atoms with Crippen molar-refractivity contribution in [2.45, 2.75) is 57.9 Å². The van der Waals surface area contributed by atoms with Crippen molar-refractivity contribution in [3.8, 4) is 0 Å². The Hall–Kier alpha value is -2.62. The van der Waals surface area contributed by atoms with Gasteiger partial charge in [0.15, 0.2) is 0 Å². The molecule has 31 heavy (non-hydrogen) atoms. The van der Waals surface area contributed by atoms with Crippen LogP contribution in [0.25, 0.3) is 0 Å². The van der Waals surface area contributed by atoms with E-state index in [9.17, 15) is 18.0 Å². The summed E-state index contributed by atoms with van der Waals surface area (Å²) in [5, 5.41) is 13.9. The number of likely N-dealkylation sites (tertiary alicyclic amines) is 1. The van der Waals surface area contributed by atoms with Gasteiger partial charge in [-0.15, -0.1) is 0 Å². The number of piperidine rings is 1. The first-order valence-corrected chi connectivity index (χ1v) is 10.5. The Balaban J connectivity index is 1.34. The van der Waals surface area contributed by atoms with E-state index in [-0.39, 0.29) is 6.61 Å². The van der Waals surface area contributed by atoms with Gasteiger partial charge in [0, 0.05) is 19.1 Å². The zero-order chi connectivity index (χ0) is 22.3. The molecule has 2 aromatic rings. The van der Waals surface area contributed by atoms with E-state index >= 15 is 0 Å². The van der Waals surface area contributed by atoms with E-state index in [1.807, 2.05) is 0 Å². The molecule has 2 heterocycles. The minimum absolute atomic E-state index is 0.173. The van der Waals surface area contributed by atoms with Crippen molar-refractivity contribution in [2.24, 2.45) is 0 Å². The monoisotopic (exact) mass is 439 g/mol. The Morgan fingerprint density at radius 1 is 1.26 bits per heavy atom. The fourth-order valence-corrected chi connectivity index (χ4v) is 3.70. The number of aromatic nitrogens is 3. The molecule has 170 valence electrons. The van der Waals surface area contributed by atoms with Crippen LogP contribution in [0.15, 0.2) is 24.4 Å². The number of benzene rings is 1. The van der Waals surface area contributed by atoms with E-state index in [1.54, 1.807) is 24.1 Å². The maximum Gasteiger partial charge on any atom is 0.416 e. The molecule has 1 aromatic carbocycles. The van der Waals surface area contributed by atoms with E-state index in [2.05, 4.69) is 20.7 Å². The normalized spacial score (nSPS) is 15.3. The van der Waals surface area contributed by atoms with E-state index in [1.165, 1.54) is 0 Å². The average Bonchev–Trinajstić information content (AvgIpc) is 3.25. The quantitative estimate of drug-likeness (QED) is 0.611. The molecule has 1 aliphatic rings. The lowest BCUT2D eigenvalue weighted by molar-refractivity contribution is -0.137. The van der Waals surface area contributed by atoms with Crippen LogP contribution in [0.1, 0.15) is 48.1 Å². The molecule has 1 aromatic heterocycles. The molecule has 0 atom stereocenters. The highest BCUT2D eigenvalue weighted by molar-refractivity contribution is 5.67. The Morgan fingerprint density at radius 2 is 2.03 bits per heavy atom. The van der Waals surface area contributed by atoms with Crippen LogP contribution in [-0.4, -0.2) is 52.1 Å². The van der Waals surface area contributed by atoms with Gasteiger partial charge in [-0.3, -0.25) is 0 Å². The Bertz CT molecular complexity index is 834. The van der Waals surface area contributed by atoms with E-state index in [0.29, 0.717) is 30.3 Å². The first-order valence-electron chi connectivity index (χ1n) is 10.5. The van der Waals surface area contributed by atoms with Crippen LogP contribution < -0.4 is 5.32 Å². The summed E-state index contributed by atoms with van der Waals surface area (Å²) in [6, 6.07) is 4.06. The molecular formula is C21H28F3N5O2. The number of nitrogens with one attached hydrogen (secondary N) is 2. The molecule has 10 heteroatoms. The smallest absolute Gasteiger partial charge is 0.416 e. The van der Waals surface area contributed by atoms with Gasteiger partial charge in [-0.25, -0.2) is 4.79 Å². The third-order valence-electron chi connectivity index (χ3n) is 5.34. The number of unbranched alkanes of at least 4 members (excludes halogenated alkanes) is 1. The zero-order valence-electron chi connectivity index (χ0n) is 17.5. The van der Waals surface area contributed by atoms with Crippen molar-refractivity contribution in [2.75, 3.05) is 19.6 Å². The van der Waals surface area contributed by atoms with E-state index < -0.39 is 17.8 Å². The Labute approximate surface area is 179 Å². The second kappa shape index (κ2) is 10.6. The van der Waals surface area contributed by atoms with Crippen LogP contribution in [0.5, 0.6) is 0 Å². The highest BCUT2D eigenvalue weighted by Gasteiger charge is 2.31. The summed E-state index contributed by atoms with van der Waals surface area (Å²) in [4.78, 5) is 13.9.